The molecule has 1 aromatic rings. The van der Waals surface area contributed by atoms with Gasteiger partial charge in [0.05, 0.1) is 0 Å². The summed E-state index contributed by atoms with van der Waals surface area (Å²) in [4.78, 5) is 24.2. The van der Waals surface area contributed by atoms with Crippen molar-refractivity contribution in [2.75, 3.05) is 0 Å². The van der Waals surface area contributed by atoms with Crippen molar-refractivity contribution in [2.24, 2.45) is 0 Å². The highest BCUT2D eigenvalue weighted by Gasteiger charge is 2.17. The Kier molecular flexibility index (Phi) is 3.72. The SMILES string of the molecule is C=C1/C=C\C(Br)=C/CC(=O)c2ccccc2C1=O. The van der Waals surface area contributed by atoms with Crippen molar-refractivity contribution in [3.63, 3.8) is 0 Å². The molecule has 0 aliphatic heterocycles. The van der Waals surface area contributed by atoms with Crippen LogP contribution in [-0.4, -0.2) is 11.6 Å². The molecule has 1 aliphatic carbocycles. The summed E-state index contributed by atoms with van der Waals surface area (Å²) in [5.74, 6) is -0.281. The standard InChI is InChI=1S/C15H11BrO2/c1-10-6-7-11(16)8-9-14(17)12-4-2-3-5-13(12)15(10)18/h2-8H,1,9H2/b7-6-,11-8+. The Morgan fingerprint density at radius 3 is 2.44 bits per heavy atom. The Bertz CT molecular complexity index is 594. The van der Waals surface area contributed by atoms with Crippen LogP contribution in [-0.2, 0) is 0 Å². The molecule has 0 heterocycles. The maximum absolute atomic E-state index is 12.2. The summed E-state index contributed by atoms with van der Waals surface area (Å²) in [6.45, 7) is 3.73. The number of fused-ring (bicyclic) bond motifs is 1. The van der Waals surface area contributed by atoms with E-state index in [1.807, 2.05) is 0 Å². The molecule has 0 bridgehead atoms. The first-order chi connectivity index (χ1) is 8.59. The number of benzene rings is 1. The van der Waals surface area contributed by atoms with Gasteiger partial charge in [0.15, 0.2) is 11.6 Å². The van der Waals surface area contributed by atoms with Crippen molar-refractivity contribution in [3.8, 4) is 0 Å². The zero-order chi connectivity index (χ0) is 13.1. The number of Topliss-reactive ketones (excluding diaryl/α,β-unsaturated/α-hetero) is 2. The van der Waals surface area contributed by atoms with Crippen LogP contribution >= 0.6 is 15.9 Å². The van der Waals surface area contributed by atoms with E-state index in [0.717, 1.165) is 4.48 Å². The molecule has 0 atom stereocenters. The number of ketones is 2. The summed E-state index contributed by atoms with van der Waals surface area (Å²) in [6, 6.07) is 6.84. The van der Waals surface area contributed by atoms with Crippen molar-refractivity contribution < 1.29 is 9.59 Å². The first kappa shape index (κ1) is 12.7. The quantitative estimate of drug-likeness (QED) is 0.682. The molecule has 0 saturated carbocycles. The van der Waals surface area contributed by atoms with Gasteiger partial charge in [-0.05, 0) is 6.08 Å². The molecule has 0 amide bonds. The second-order valence-corrected chi connectivity index (χ2v) is 4.87. The molecular formula is C15H11BrO2. The molecule has 1 aromatic carbocycles. The zero-order valence-electron chi connectivity index (χ0n) is 9.65. The van der Waals surface area contributed by atoms with Crippen LogP contribution in [0.4, 0.5) is 0 Å². The molecule has 0 radical (unpaired) electrons. The minimum atomic E-state index is -0.211. The number of carbonyl (C=O) groups is 2. The van der Waals surface area contributed by atoms with Gasteiger partial charge in [-0.15, -0.1) is 0 Å². The summed E-state index contributed by atoms with van der Waals surface area (Å²) in [5, 5.41) is 0. The molecule has 0 N–H and O–H groups in total. The Hall–Kier alpha value is -1.74. The fourth-order valence-corrected chi connectivity index (χ4v) is 2.02. The zero-order valence-corrected chi connectivity index (χ0v) is 11.2. The van der Waals surface area contributed by atoms with Gasteiger partial charge >= 0.3 is 0 Å². The van der Waals surface area contributed by atoms with E-state index in [2.05, 4.69) is 22.5 Å². The summed E-state index contributed by atoms with van der Waals surface area (Å²) in [7, 11) is 0. The van der Waals surface area contributed by atoms with Crippen LogP contribution in [0.15, 0.2) is 59.1 Å². The van der Waals surface area contributed by atoms with Gasteiger partial charge in [-0.1, -0.05) is 58.9 Å². The molecule has 18 heavy (non-hydrogen) atoms. The number of allylic oxidation sites excluding steroid dienone is 5. The summed E-state index contributed by atoms with van der Waals surface area (Å²) < 4.78 is 0.768. The largest absolute Gasteiger partial charge is 0.294 e. The lowest BCUT2D eigenvalue weighted by molar-refractivity contribution is 0.0977. The lowest BCUT2D eigenvalue weighted by atomic mass is 9.94. The Labute approximate surface area is 114 Å². The fourth-order valence-electron chi connectivity index (χ4n) is 1.72. The van der Waals surface area contributed by atoms with E-state index < -0.39 is 0 Å². The highest BCUT2D eigenvalue weighted by atomic mass is 79.9. The molecule has 0 saturated heterocycles. The molecule has 0 spiro atoms. The molecule has 2 rings (SSSR count). The third-order valence-electron chi connectivity index (χ3n) is 2.69. The van der Waals surface area contributed by atoms with Crippen LogP contribution in [0, 0.1) is 0 Å². The number of hydrogen-bond acceptors (Lipinski definition) is 2. The molecule has 2 nitrogen and oxygen atoms in total. The van der Waals surface area contributed by atoms with E-state index in [9.17, 15) is 9.59 Å². The predicted octanol–water partition coefficient (Wildman–Crippen LogP) is 3.85. The van der Waals surface area contributed by atoms with E-state index in [1.165, 1.54) is 0 Å². The molecule has 3 heteroatoms. The minimum absolute atomic E-state index is 0.0704. The Balaban J connectivity index is 2.59. The lowest BCUT2D eigenvalue weighted by Crippen LogP contribution is -2.10. The Morgan fingerprint density at radius 2 is 1.72 bits per heavy atom. The topological polar surface area (TPSA) is 34.1 Å². The van der Waals surface area contributed by atoms with Crippen LogP contribution < -0.4 is 0 Å². The maximum Gasteiger partial charge on any atom is 0.193 e. The van der Waals surface area contributed by atoms with Gasteiger partial charge in [-0.3, -0.25) is 9.59 Å². The highest BCUT2D eigenvalue weighted by Crippen LogP contribution is 2.20. The number of halogens is 1. The molecule has 0 aromatic heterocycles. The first-order valence-corrected chi connectivity index (χ1v) is 6.28. The van der Waals surface area contributed by atoms with Gasteiger partial charge in [-0.2, -0.15) is 0 Å². The van der Waals surface area contributed by atoms with Gasteiger partial charge < -0.3 is 0 Å². The van der Waals surface area contributed by atoms with Crippen LogP contribution in [0.1, 0.15) is 27.1 Å². The van der Waals surface area contributed by atoms with E-state index in [1.54, 1.807) is 42.5 Å². The molecule has 0 unspecified atom stereocenters. The van der Waals surface area contributed by atoms with Gasteiger partial charge in [0, 0.05) is 27.6 Å². The van der Waals surface area contributed by atoms with Crippen LogP contribution in [0.5, 0.6) is 0 Å². The summed E-state index contributed by atoms with van der Waals surface area (Å²) >= 11 is 3.32. The summed E-state index contributed by atoms with van der Waals surface area (Å²) in [5.41, 5.74) is 1.24. The number of carbonyl (C=O) groups excluding carboxylic acids is 2. The van der Waals surface area contributed by atoms with Gasteiger partial charge in [0.25, 0.3) is 0 Å². The van der Waals surface area contributed by atoms with Crippen LogP contribution in [0.2, 0.25) is 0 Å². The molecule has 90 valence electrons. The predicted molar refractivity (Wildman–Crippen MR) is 75.0 cm³/mol. The van der Waals surface area contributed by atoms with Crippen molar-refractivity contribution in [1.82, 2.24) is 0 Å². The number of hydrogen-bond donors (Lipinski definition) is 0. The van der Waals surface area contributed by atoms with Crippen molar-refractivity contribution in [3.05, 3.63) is 70.3 Å². The van der Waals surface area contributed by atoms with Crippen molar-refractivity contribution >= 4 is 27.5 Å². The number of rotatable bonds is 0. The minimum Gasteiger partial charge on any atom is -0.294 e. The molecule has 1 aliphatic rings. The fraction of sp³-hybridized carbons (Fsp3) is 0.0667. The van der Waals surface area contributed by atoms with Crippen molar-refractivity contribution in [2.45, 2.75) is 6.42 Å². The second kappa shape index (κ2) is 5.27. The maximum atomic E-state index is 12.2. The highest BCUT2D eigenvalue weighted by molar-refractivity contribution is 9.11. The second-order valence-electron chi connectivity index (χ2n) is 3.95. The van der Waals surface area contributed by atoms with Crippen LogP contribution in [0.3, 0.4) is 0 Å². The third-order valence-corrected chi connectivity index (χ3v) is 3.28. The molecule has 0 fully saturated rings. The van der Waals surface area contributed by atoms with Gasteiger partial charge in [0.2, 0.25) is 0 Å². The average molecular weight is 303 g/mol. The van der Waals surface area contributed by atoms with E-state index in [4.69, 9.17) is 0 Å². The van der Waals surface area contributed by atoms with Crippen LogP contribution in [0.25, 0.3) is 0 Å². The van der Waals surface area contributed by atoms with Crippen molar-refractivity contribution in [1.29, 1.82) is 0 Å². The summed E-state index contributed by atoms with van der Waals surface area (Å²) in [6.07, 6.45) is 5.41. The van der Waals surface area contributed by atoms with E-state index >= 15 is 0 Å². The van der Waals surface area contributed by atoms with E-state index in [-0.39, 0.29) is 18.0 Å². The average Bonchev–Trinajstić information content (AvgIpc) is 2.40. The first-order valence-electron chi connectivity index (χ1n) is 5.49. The van der Waals surface area contributed by atoms with E-state index in [0.29, 0.717) is 16.7 Å². The normalized spacial score (nSPS) is 20.9. The van der Waals surface area contributed by atoms with Gasteiger partial charge in [-0.25, -0.2) is 0 Å². The molecular weight excluding hydrogens is 292 g/mol. The van der Waals surface area contributed by atoms with Gasteiger partial charge in [0.1, 0.15) is 0 Å². The lowest BCUT2D eigenvalue weighted by Gasteiger charge is -2.08. The third kappa shape index (κ3) is 2.57. The smallest absolute Gasteiger partial charge is 0.193 e. The monoisotopic (exact) mass is 302 g/mol. The Morgan fingerprint density at radius 1 is 1.06 bits per heavy atom.